The molecule has 0 aliphatic rings. The molecule has 1 aromatic carbocycles. The Balaban J connectivity index is 0.00000163. The van der Waals surface area contributed by atoms with E-state index in [0.717, 1.165) is 5.56 Å². The van der Waals surface area contributed by atoms with Crippen LogP contribution in [0.3, 0.4) is 0 Å². The van der Waals surface area contributed by atoms with Gasteiger partial charge >= 0.3 is 0 Å². The standard InChI is InChI=1S/C17H22FN3O2S.C2H6/c1-10(2)24(23)20-15-9-12(4)17(22)21(5)16(15)19-14-7-6-11(3)8-13(14)18;1-2/h6-10,19-20H,1-5H3;1-2H3. The lowest BCUT2D eigenvalue weighted by Gasteiger charge is -2.19. The average molecular weight is 382 g/mol. The van der Waals surface area contributed by atoms with Crippen molar-refractivity contribution in [3.63, 3.8) is 0 Å². The molecule has 0 aliphatic carbocycles. The number of hydrogen-bond acceptors (Lipinski definition) is 3. The number of aryl methyl sites for hydroxylation is 2. The third-order valence-corrected chi connectivity index (χ3v) is 4.89. The van der Waals surface area contributed by atoms with Gasteiger partial charge in [-0.1, -0.05) is 19.9 Å². The molecule has 1 atom stereocenters. The predicted molar refractivity (Wildman–Crippen MR) is 109 cm³/mol. The molecule has 0 bridgehead atoms. The monoisotopic (exact) mass is 381 g/mol. The van der Waals surface area contributed by atoms with E-state index in [4.69, 9.17) is 0 Å². The Morgan fingerprint density at radius 1 is 1.12 bits per heavy atom. The van der Waals surface area contributed by atoms with Gasteiger partial charge in [0.15, 0.2) is 0 Å². The van der Waals surface area contributed by atoms with Crippen LogP contribution in [0.15, 0.2) is 29.1 Å². The van der Waals surface area contributed by atoms with Gasteiger partial charge in [-0.15, -0.1) is 0 Å². The molecule has 144 valence electrons. The molecule has 1 aromatic heterocycles. The number of aromatic nitrogens is 1. The number of halogens is 1. The van der Waals surface area contributed by atoms with Crippen molar-refractivity contribution in [1.82, 2.24) is 4.57 Å². The highest BCUT2D eigenvalue weighted by atomic mass is 32.2. The lowest BCUT2D eigenvalue weighted by atomic mass is 10.2. The van der Waals surface area contributed by atoms with Crippen molar-refractivity contribution in [2.24, 2.45) is 7.05 Å². The first-order chi connectivity index (χ1) is 12.2. The van der Waals surface area contributed by atoms with Crippen LogP contribution in [0.5, 0.6) is 0 Å². The Labute approximate surface area is 157 Å². The Hall–Kier alpha value is -2.15. The van der Waals surface area contributed by atoms with Crippen molar-refractivity contribution in [1.29, 1.82) is 0 Å². The molecule has 2 N–H and O–H groups in total. The zero-order chi connectivity index (χ0) is 20.0. The third kappa shape index (κ3) is 5.17. The van der Waals surface area contributed by atoms with Crippen LogP contribution in [-0.2, 0) is 18.0 Å². The minimum absolute atomic E-state index is 0.105. The van der Waals surface area contributed by atoms with Gasteiger partial charge in [0.25, 0.3) is 5.56 Å². The van der Waals surface area contributed by atoms with Crippen LogP contribution < -0.4 is 15.6 Å². The lowest BCUT2D eigenvalue weighted by Crippen LogP contribution is -2.24. The number of pyridine rings is 1. The SMILES string of the molecule is CC.Cc1ccc(Nc2c(NS(=O)C(C)C)cc(C)c(=O)n2C)c(F)c1. The summed E-state index contributed by atoms with van der Waals surface area (Å²) in [5.74, 6) is -0.0543. The molecule has 0 radical (unpaired) electrons. The summed E-state index contributed by atoms with van der Waals surface area (Å²) in [7, 11) is 0.268. The molecule has 2 rings (SSSR count). The van der Waals surface area contributed by atoms with E-state index >= 15 is 0 Å². The summed E-state index contributed by atoms with van der Waals surface area (Å²) < 4.78 is 30.6. The molecule has 0 amide bonds. The van der Waals surface area contributed by atoms with Gasteiger partial charge in [0.2, 0.25) is 0 Å². The van der Waals surface area contributed by atoms with Crippen LogP contribution >= 0.6 is 0 Å². The minimum atomic E-state index is -1.32. The molecule has 5 nitrogen and oxygen atoms in total. The zero-order valence-electron chi connectivity index (χ0n) is 16.4. The van der Waals surface area contributed by atoms with E-state index in [1.165, 1.54) is 10.6 Å². The topological polar surface area (TPSA) is 63.1 Å². The van der Waals surface area contributed by atoms with E-state index in [2.05, 4.69) is 10.0 Å². The Bertz CT molecular complexity index is 847. The number of anilines is 3. The van der Waals surface area contributed by atoms with Crippen LogP contribution in [-0.4, -0.2) is 14.0 Å². The molecule has 1 unspecified atom stereocenters. The zero-order valence-corrected chi connectivity index (χ0v) is 17.3. The van der Waals surface area contributed by atoms with E-state index < -0.39 is 16.8 Å². The van der Waals surface area contributed by atoms with Gasteiger partial charge in [-0.2, -0.15) is 0 Å². The van der Waals surface area contributed by atoms with E-state index in [1.54, 1.807) is 39.1 Å². The van der Waals surface area contributed by atoms with Gasteiger partial charge in [0.05, 0.1) is 11.4 Å². The van der Waals surface area contributed by atoms with Gasteiger partial charge in [0.1, 0.15) is 22.6 Å². The second-order valence-corrected chi connectivity index (χ2v) is 7.75. The number of rotatable bonds is 5. The number of nitrogens with one attached hydrogen (secondary N) is 2. The molecule has 7 heteroatoms. The highest BCUT2D eigenvalue weighted by molar-refractivity contribution is 7.86. The van der Waals surface area contributed by atoms with Crippen LogP contribution in [0.4, 0.5) is 21.6 Å². The van der Waals surface area contributed by atoms with Crippen molar-refractivity contribution in [3.8, 4) is 0 Å². The lowest BCUT2D eigenvalue weighted by molar-refractivity contribution is 0.630. The summed E-state index contributed by atoms with van der Waals surface area (Å²) >= 11 is 0. The van der Waals surface area contributed by atoms with Crippen LogP contribution in [0.25, 0.3) is 0 Å². The fraction of sp³-hybridized carbons (Fsp3) is 0.421. The van der Waals surface area contributed by atoms with Gasteiger partial charge in [0, 0.05) is 17.9 Å². The van der Waals surface area contributed by atoms with Gasteiger partial charge in [-0.3, -0.25) is 9.36 Å². The smallest absolute Gasteiger partial charge is 0.254 e. The molecule has 0 spiro atoms. The van der Waals surface area contributed by atoms with E-state index in [-0.39, 0.29) is 16.5 Å². The molecular formula is C19H28FN3O2S. The van der Waals surface area contributed by atoms with Crippen LogP contribution in [0.2, 0.25) is 0 Å². The molecule has 0 aliphatic heterocycles. The van der Waals surface area contributed by atoms with Crippen molar-refractivity contribution in [3.05, 3.63) is 51.6 Å². The maximum Gasteiger partial charge on any atom is 0.254 e. The summed E-state index contributed by atoms with van der Waals surface area (Å²) in [5.41, 5.74) is 1.84. The number of hydrogen-bond donors (Lipinski definition) is 2. The van der Waals surface area contributed by atoms with Gasteiger partial charge < -0.3 is 10.0 Å². The van der Waals surface area contributed by atoms with E-state index in [9.17, 15) is 13.4 Å². The molecular weight excluding hydrogens is 353 g/mol. The summed E-state index contributed by atoms with van der Waals surface area (Å²) in [6.07, 6.45) is 0. The molecule has 1 heterocycles. The Morgan fingerprint density at radius 3 is 2.27 bits per heavy atom. The summed E-state index contributed by atoms with van der Waals surface area (Å²) in [6.45, 7) is 11.1. The fourth-order valence-corrected chi connectivity index (χ4v) is 2.81. The van der Waals surface area contributed by atoms with E-state index in [1.807, 2.05) is 27.7 Å². The number of nitrogens with zero attached hydrogens (tertiary/aromatic N) is 1. The first-order valence-corrected chi connectivity index (χ1v) is 9.83. The third-order valence-electron chi connectivity index (χ3n) is 3.61. The van der Waals surface area contributed by atoms with Crippen LogP contribution in [0.1, 0.15) is 38.8 Å². The minimum Gasteiger partial charge on any atom is -0.337 e. The second kappa shape index (κ2) is 9.52. The van der Waals surface area contributed by atoms with Crippen molar-refractivity contribution in [2.75, 3.05) is 10.0 Å². The van der Waals surface area contributed by atoms with Crippen molar-refractivity contribution < 1.29 is 8.60 Å². The Morgan fingerprint density at radius 2 is 1.73 bits per heavy atom. The normalized spacial score (nSPS) is 11.6. The summed E-state index contributed by atoms with van der Waals surface area (Å²) in [5, 5.41) is 2.83. The van der Waals surface area contributed by atoms with Crippen LogP contribution in [0, 0.1) is 19.7 Å². The van der Waals surface area contributed by atoms with Gasteiger partial charge in [-0.05, 0) is 51.5 Å². The molecule has 0 saturated heterocycles. The molecule has 26 heavy (non-hydrogen) atoms. The quantitative estimate of drug-likeness (QED) is 0.807. The average Bonchev–Trinajstić information content (AvgIpc) is 2.59. The van der Waals surface area contributed by atoms with Crippen molar-refractivity contribution in [2.45, 2.75) is 46.8 Å². The second-order valence-electron chi connectivity index (χ2n) is 6.01. The van der Waals surface area contributed by atoms with E-state index in [0.29, 0.717) is 17.1 Å². The summed E-state index contributed by atoms with van der Waals surface area (Å²) in [6, 6.07) is 6.42. The summed E-state index contributed by atoms with van der Waals surface area (Å²) in [4.78, 5) is 12.2. The number of benzene rings is 1. The highest BCUT2D eigenvalue weighted by Crippen LogP contribution is 2.27. The maximum absolute atomic E-state index is 14.1. The molecule has 2 aromatic rings. The first-order valence-electron chi connectivity index (χ1n) is 8.61. The molecule has 0 saturated carbocycles. The Kier molecular flexibility index (Phi) is 8.02. The maximum atomic E-state index is 14.1. The molecule has 0 fully saturated rings. The highest BCUT2D eigenvalue weighted by Gasteiger charge is 2.15. The largest absolute Gasteiger partial charge is 0.337 e. The van der Waals surface area contributed by atoms with Crippen molar-refractivity contribution >= 4 is 28.2 Å². The first kappa shape index (κ1) is 21.9. The predicted octanol–water partition coefficient (Wildman–Crippen LogP) is 4.40. The fourth-order valence-electron chi connectivity index (χ4n) is 2.20. The van der Waals surface area contributed by atoms with Gasteiger partial charge in [-0.25, -0.2) is 8.60 Å².